The van der Waals surface area contributed by atoms with Crippen molar-refractivity contribution in [2.75, 3.05) is 6.54 Å². The maximum atomic E-state index is 12.1. The normalized spacial score (nSPS) is 20.7. The highest BCUT2D eigenvalue weighted by molar-refractivity contribution is 5.80. The molecule has 0 saturated carbocycles. The molecular formula is C20H25N3O. The molecule has 2 aromatic rings. The van der Waals surface area contributed by atoms with E-state index in [0.29, 0.717) is 6.42 Å². The Morgan fingerprint density at radius 2 is 2.00 bits per heavy atom. The molecule has 1 aromatic carbocycles. The third-order valence-corrected chi connectivity index (χ3v) is 5.42. The first-order valence-corrected chi connectivity index (χ1v) is 9.08. The molecule has 0 spiro atoms. The molecule has 1 aliphatic carbocycles. The molecular weight excluding hydrogens is 298 g/mol. The fraction of sp³-hybridized carbons (Fsp3) is 0.500. The van der Waals surface area contributed by atoms with Crippen LogP contribution in [0.15, 0.2) is 24.4 Å². The van der Waals surface area contributed by atoms with Gasteiger partial charge in [-0.3, -0.25) is 4.79 Å². The third kappa shape index (κ3) is 2.74. The Kier molecular flexibility index (Phi) is 3.91. The summed E-state index contributed by atoms with van der Waals surface area (Å²) in [5, 5.41) is 0. The summed E-state index contributed by atoms with van der Waals surface area (Å²) in [5.41, 5.74) is 5.25. The fourth-order valence-electron chi connectivity index (χ4n) is 4.01. The zero-order chi connectivity index (χ0) is 16.7. The number of aromatic amines is 1. The first-order valence-electron chi connectivity index (χ1n) is 9.08. The number of rotatable bonds is 3. The van der Waals surface area contributed by atoms with Gasteiger partial charge < -0.3 is 9.88 Å². The first kappa shape index (κ1) is 15.4. The van der Waals surface area contributed by atoms with Crippen LogP contribution in [0.5, 0.6) is 0 Å². The number of H-pyrrole nitrogens is 1. The Labute approximate surface area is 143 Å². The topological polar surface area (TPSA) is 49.0 Å². The largest absolute Gasteiger partial charge is 0.342 e. The number of hydrogen-bond donors (Lipinski definition) is 1. The molecule has 0 radical (unpaired) electrons. The number of carbonyl (C=O) groups excluding carboxylic acids is 1. The van der Waals surface area contributed by atoms with Crippen molar-refractivity contribution in [2.45, 2.75) is 57.9 Å². The number of aromatic nitrogens is 2. The summed E-state index contributed by atoms with van der Waals surface area (Å²) in [6, 6.07) is 7.04. The average molecular weight is 323 g/mol. The molecule has 4 rings (SSSR count). The van der Waals surface area contributed by atoms with Crippen LogP contribution in [-0.2, 0) is 17.6 Å². The highest BCUT2D eigenvalue weighted by Crippen LogP contribution is 2.31. The van der Waals surface area contributed by atoms with Crippen LogP contribution >= 0.6 is 0 Å². The van der Waals surface area contributed by atoms with Crippen molar-refractivity contribution in [1.82, 2.24) is 14.9 Å². The van der Waals surface area contributed by atoms with Gasteiger partial charge in [-0.2, -0.15) is 0 Å². The second kappa shape index (κ2) is 6.08. The van der Waals surface area contributed by atoms with Gasteiger partial charge in [-0.1, -0.05) is 12.1 Å². The van der Waals surface area contributed by atoms with Crippen molar-refractivity contribution < 1.29 is 4.79 Å². The van der Waals surface area contributed by atoms with Gasteiger partial charge >= 0.3 is 0 Å². The van der Waals surface area contributed by atoms with Crippen LogP contribution in [0.2, 0.25) is 0 Å². The number of amides is 1. The van der Waals surface area contributed by atoms with Gasteiger partial charge in [0.05, 0.1) is 11.9 Å². The lowest BCUT2D eigenvalue weighted by atomic mass is 9.90. The molecule has 0 bridgehead atoms. The number of imidazole rings is 1. The Morgan fingerprint density at radius 1 is 1.21 bits per heavy atom. The van der Waals surface area contributed by atoms with Crippen LogP contribution < -0.4 is 0 Å². The monoisotopic (exact) mass is 323 g/mol. The molecule has 1 aromatic heterocycles. The van der Waals surface area contributed by atoms with Gasteiger partial charge in [-0.05, 0) is 62.3 Å². The maximum Gasteiger partial charge on any atom is 0.223 e. The highest BCUT2D eigenvalue weighted by Gasteiger charge is 2.33. The highest BCUT2D eigenvalue weighted by atomic mass is 16.2. The van der Waals surface area contributed by atoms with Gasteiger partial charge in [-0.15, -0.1) is 0 Å². The van der Waals surface area contributed by atoms with Crippen molar-refractivity contribution >= 4 is 5.91 Å². The Hall–Kier alpha value is -2.10. The minimum atomic E-state index is 0.186. The molecule has 0 unspecified atom stereocenters. The van der Waals surface area contributed by atoms with E-state index in [2.05, 4.69) is 42.0 Å². The van der Waals surface area contributed by atoms with Crippen LogP contribution in [0.3, 0.4) is 0 Å². The SMILES string of the molecule is CC(C)N1C[C@H](c2ncc(-c3ccc4c(c3)CCCC4)[nH]2)CC1=O. The number of nitrogens with one attached hydrogen (secondary N) is 1. The molecule has 2 aliphatic rings. The van der Waals surface area contributed by atoms with E-state index in [1.54, 1.807) is 0 Å². The van der Waals surface area contributed by atoms with Crippen LogP contribution in [0.25, 0.3) is 11.3 Å². The Balaban J connectivity index is 1.56. The quantitative estimate of drug-likeness (QED) is 0.936. The molecule has 126 valence electrons. The predicted molar refractivity (Wildman–Crippen MR) is 94.9 cm³/mol. The zero-order valence-electron chi connectivity index (χ0n) is 14.5. The molecule has 1 amide bonds. The Morgan fingerprint density at radius 3 is 2.75 bits per heavy atom. The second-order valence-electron chi connectivity index (χ2n) is 7.41. The lowest BCUT2D eigenvalue weighted by molar-refractivity contribution is -0.129. The summed E-state index contributed by atoms with van der Waals surface area (Å²) in [5.74, 6) is 1.37. The third-order valence-electron chi connectivity index (χ3n) is 5.42. The van der Waals surface area contributed by atoms with E-state index < -0.39 is 0 Å². The van der Waals surface area contributed by atoms with Gasteiger partial charge in [0.15, 0.2) is 0 Å². The van der Waals surface area contributed by atoms with Crippen LogP contribution in [0.1, 0.15) is 56.0 Å². The van der Waals surface area contributed by atoms with Gasteiger partial charge in [0.1, 0.15) is 5.82 Å². The first-order chi connectivity index (χ1) is 11.6. The Bertz CT molecular complexity index is 762. The lowest BCUT2D eigenvalue weighted by Gasteiger charge is -2.20. The summed E-state index contributed by atoms with van der Waals surface area (Å²) < 4.78 is 0. The van der Waals surface area contributed by atoms with E-state index in [9.17, 15) is 4.79 Å². The fourth-order valence-corrected chi connectivity index (χ4v) is 4.01. The smallest absolute Gasteiger partial charge is 0.223 e. The predicted octanol–water partition coefficient (Wildman–Crippen LogP) is 3.68. The number of nitrogens with zero attached hydrogens (tertiary/aromatic N) is 2. The van der Waals surface area contributed by atoms with E-state index in [0.717, 1.165) is 18.1 Å². The van der Waals surface area contributed by atoms with Gasteiger partial charge in [-0.25, -0.2) is 4.98 Å². The zero-order valence-corrected chi connectivity index (χ0v) is 14.5. The summed E-state index contributed by atoms with van der Waals surface area (Å²) in [6.45, 7) is 4.91. The number of benzene rings is 1. The van der Waals surface area contributed by atoms with Gasteiger partial charge in [0, 0.05) is 24.9 Å². The summed E-state index contributed by atoms with van der Waals surface area (Å²) in [4.78, 5) is 22.1. The van der Waals surface area contributed by atoms with E-state index in [1.165, 1.54) is 42.4 Å². The molecule has 1 atom stereocenters. The maximum absolute atomic E-state index is 12.1. The second-order valence-corrected chi connectivity index (χ2v) is 7.41. The standard InChI is InChI=1S/C20H25N3O/c1-13(2)23-12-17(10-19(23)24)20-21-11-18(22-20)16-8-7-14-5-3-4-6-15(14)9-16/h7-9,11,13,17H,3-6,10,12H2,1-2H3,(H,21,22)/t17-/m1/s1. The van der Waals surface area contributed by atoms with Gasteiger partial charge in [0.25, 0.3) is 0 Å². The minimum Gasteiger partial charge on any atom is -0.342 e. The summed E-state index contributed by atoms with van der Waals surface area (Å²) in [6.07, 6.45) is 7.48. The number of aryl methyl sites for hydroxylation is 2. The summed E-state index contributed by atoms with van der Waals surface area (Å²) >= 11 is 0. The molecule has 1 N–H and O–H groups in total. The van der Waals surface area contributed by atoms with Crippen LogP contribution in [-0.4, -0.2) is 33.4 Å². The number of likely N-dealkylation sites (tertiary alicyclic amines) is 1. The summed E-state index contributed by atoms with van der Waals surface area (Å²) in [7, 11) is 0. The van der Waals surface area contributed by atoms with Crippen molar-refractivity contribution in [2.24, 2.45) is 0 Å². The molecule has 4 nitrogen and oxygen atoms in total. The lowest BCUT2D eigenvalue weighted by Crippen LogP contribution is -2.31. The number of carbonyl (C=O) groups is 1. The molecule has 1 saturated heterocycles. The van der Waals surface area contributed by atoms with Gasteiger partial charge in [0.2, 0.25) is 5.91 Å². The molecule has 1 fully saturated rings. The van der Waals surface area contributed by atoms with Crippen molar-refractivity contribution in [1.29, 1.82) is 0 Å². The average Bonchev–Trinajstić information content (AvgIpc) is 3.21. The van der Waals surface area contributed by atoms with Crippen LogP contribution in [0.4, 0.5) is 0 Å². The number of hydrogen-bond acceptors (Lipinski definition) is 2. The molecule has 4 heteroatoms. The van der Waals surface area contributed by atoms with E-state index in [4.69, 9.17) is 0 Å². The van der Waals surface area contributed by atoms with Crippen molar-refractivity contribution in [3.63, 3.8) is 0 Å². The van der Waals surface area contributed by atoms with Crippen molar-refractivity contribution in [3.05, 3.63) is 41.3 Å². The molecule has 24 heavy (non-hydrogen) atoms. The van der Waals surface area contributed by atoms with Crippen LogP contribution in [0, 0.1) is 0 Å². The minimum absolute atomic E-state index is 0.186. The molecule has 1 aliphatic heterocycles. The van der Waals surface area contributed by atoms with E-state index in [-0.39, 0.29) is 17.9 Å². The number of fused-ring (bicyclic) bond motifs is 1. The van der Waals surface area contributed by atoms with Crippen molar-refractivity contribution in [3.8, 4) is 11.3 Å². The van der Waals surface area contributed by atoms with E-state index >= 15 is 0 Å². The van der Waals surface area contributed by atoms with E-state index in [1.807, 2.05) is 11.1 Å². The molecule has 2 heterocycles.